The number of hydrogen-bond acceptors (Lipinski definition) is 6. The van der Waals surface area contributed by atoms with E-state index in [-0.39, 0.29) is 11.8 Å². The van der Waals surface area contributed by atoms with Crippen LogP contribution in [0.1, 0.15) is 5.56 Å². The van der Waals surface area contributed by atoms with Crippen molar-refractivity contribution in [3.05, 3.63) is 64.6 Å². The molecule has 0 aliphatic carbocycles. The van der Waals surface area contributed by atoms with Crippen LogP contribution < -0.4 is 15.2 Å². The SMILES string of the molecule is COc1ccc2[nH]c(O)c(/C=c3\ccc4c(c3)N=NC=4/C=C/C(=O)N3CCN(C)CC3)c2c1. The van der Waals surface area contributed by atoms with Gasteiger partial charge >= 0.3 is 0 Å². The first-order valence-corrected chi connectivity index (χ1v) is 10.8. The number of nitrogens with zero attached hydrogens (tertiary/aromatic N) is 4. The Bertz CT molecular complexity index is 1410. The Balaban J connectivity index is 1.44. The molecule has 3 heterocycles. The van der Waals surface area contributed by atoms with Gasteiger partial charge in [-0.3, -0.25) is 4.79 Å². The molecule has 3 aromatic rings. The maximum atomic E-state index is 12.5. The summed E-state index contributed by atoms with van der Waals surface area (Å²) in [6, 6.07) is 11.4. The first kappa shape index (κ1) is 21.0. The Morgan fingerprint density at radius 3 is 2.73 bits per heavy atom. The minimum Gasteiger partial charge on any atom is -0.497 e. The molecule has 0 radical (unpaired) electrons. The molecule has 168 valence electrons. The number of aromatic amines is 1. The lowest BCUT2D eigenvalue weighted by molar-refractivity contribution is -0.127. The lowest BCUT2D eigenvalue weighted by Gasteiger charge is -2.31. The molecule has 2 N–H and O–H groups in total. The molecule has 2 aromatic carbocycles. The molecule has 1 fully saturated rings. The highest BCUT2D eigenvalue weighted by atomic mass is 16.5. The van der Waals surface area contributed by atoms with Gasteiger partial charge in [-0.25, -0.2) is 0 Å². The number of nitrogens with one attached hydrogen (secondary N) is 1. The summed E-state index contributed by atoms with van der Waals surface area (Å²) >= 11 is 0. The van der Waals surface area contributed by atoms with Crippen molar-refractivity contribution in [3.8, 4) is 11.6 Å². The van der Waals surface area contributed by atoms with Gasteiger partial charge < -0.3 is 24.6 Å². The van der Waals surface area contributed by atoms with Crippen LogP contribution in [0.4, 0.5) is 5.69 Å². The van der Waals surface area contributed by atoms with Gasteiger partial charge in [0.05, 0.1) is 18.5 Å². The molecular formula is C25H25N5O3. The van der Waals surface area contributed by atoms with Crippen LogP contribution >= 0.6 is 0 Å². The lowest BCUT2D eigenvalue weighted by atomic mass is 10.1. The average Bonchev–Trinajstić information content (AvgIpc) is 3.37. The number of likely N-dealkylation sites (N-methyl/N-ethyl adjacent to an activating group) is 1. The highest BCUT2D eigenvalue weighted by Crippen LogP contribution is 2.30. The molecule has 8 nitrogen and oxygen atoms in total. The summed E-state index contributed by atoms with van der Waals surface area (Å²) in [4.78, 5) is 19.5. The smallest absolute Gasteiger partial charge is 0.246 e. The van der Waals surface area contributed by atoms with Gasteiger partial charge in [0.25, 0.3) is 0 Å². The van der Waals surface area contributed by atoms with Gasteiger partial charge in [-0.1, -0.05) is 6.07 Å². The second-order valence-corrected chi connectivity index (χ2v) is 8.27. The number of azo groups is 1. The number of piperazine rings is 1. The van der Waals surface area contributed by atoms with E-state index in [1.165, 1.54) is 0 Å². The maximum absolute atomic E-state index is 12.5. The molecule has 0 saturated carbocycles. The minimum atomic E-state index is -0.00515. The van der Waals surface area contributed by atoms with Crippen LogP contribution in [0.2, 0.25) is 0 Å². The van der Waals surface area contributed by atoms with Crippen molar-refractivity contribution < 1.29 is 14.6 Å². The van der Waals surface area contributed by atoms with E-state index in [0.29, 0.717) is 11.3 Å². The number of benzene rings is 2. The van der Waals surface area contributed by atoms with E-state index in [1.54, 1.807) is 19.3 Å². The molecule has 2 aliphatic rings. The summed E-state index contributed by atoms with van der Waals surface area (Å²) in [5.74, 6) is 0.809. The zero-order valence-electron chi connectivity index (χ0n) is 18.6. The third-order valence-electron chi connectivity index (χ3n) is 6.10. The van der Waals surface area contributed by atoms with E-state index < -0.39 is 0 Å². The van der Waals surface area contributed by atoms with Crippen LogP contribution in [0.15, 0.2) is 58.8 Å². The molecule has 0 spiro atoms. The number of H-pyrrole nitrogens is 1. The number of rotatable bonds is 4. The fourth-order valence-electron chi connectivity index (χ4n) is 4.12. The summed E-state index contributed by atoms with van der Waals surface area (Å²) in [6.07, 6.45) is 5.21. The van der Waals surface area contributed by atoms with E-state index in [4.69, 9.17) is 4.74 Å². The topological polar surface area (TPSA) is 93.5 Å². The molecule has 0 atom stereocenters. The summed E-state index contributed by atoms with van der Waals surface area (Å²) in [5, 5.41) is 21.6. The first-order valence-electron chi connectivity index (χ1n) is 10.8. The van der Waals surface area contributed by atoms with Crippen molar-refractivity contribution in [1.82, 2.24) is 14.8 Å². The quantitative estimate of drug-likeness (QED) is 0.605. The standard InChI is InChI=1S/C25H25N5O3/c1-29-9-11-30(12-10-29)24(31)8-7-22-18-5-3-16(14-23(18)28-27-22)13-20-19-15-17(33-2)4-6-21(19)26-25(20)32/h3-8,13-15,26,32H,9-12H2,1-2H3/b8-7+,16-13+. The second kappa shape index (κ2) is 8.55. The Morgan fingerprint density at radius 1 is 1.12 bits per heavy atom. The summed E-state index contributed by atoms with van der Waals surface area (Å²) < 4.78 is 5.32. The third-order valence-corrected chi connectivity index (χ3v) is 6.10. The molecule has 0 bridgehead atoms. The molecule has 5 rings (SSSR count). The highest BCUT2D eigenvalue weighted by molar-refractivity contribution is 5.93. The van der Waals surface area contributed by atoms with Gasteiger partial charge in [0.15, 0.2) is 5.88 Å². The fourth-order valence-corrected chi connectivity index (χ4v) is 4.12. The number of carbonyl (C=O) groups excluding carboxylic acids is 1. The summed E-state index contributed by atoms with van der Waals surface area (Å²) in [7, 11) is 3.68. The maximum Gasteiger partial charge on any atom is 0.246 e. The Morgan fingerprint density at radius 2 is 1.94 bits per heavy atom. The van der Waals surface area contributed by atoms with Crippen LogP contribution in [0.3, 0.4) is 0 Å². The van der Waals surface area contributed by atoms with E-state index in [0.717, 1.165) is 59.0 Å². The van der Waals surface area contributed by atoms with E-state index in [1.807, 2.05) is 47.4 Å². The third kappa shape index (κ3) is 4.12. The van der Waals surface area contributed by atoms with Crippen molar-refractivity contribution in [2.24, 2.45) is 10.2 Å². The fraction of sp³-hybridized carbons (Fsp3) is 0.240. The van der Waals surface area contributed by atoms with Crippen LogP contribution in [0, 0.1) is 0 Å². The zero-order valence-corrected chi connectivity index (χ0v) is 18.6. The Kier molecular flexibility index (Phi) is 5.43. The molecular weight excluding hydrogens is 418 g/mol. The van der Waals surface area contributed by atoms with Gasteiger partial charge in [-0.2, -0.15) is 0 Å². The summed E-state index contributed by atoms with van der Waals surface area (Å²) in [5.41, 5.74) is 2.90. The average molecular weight is 444 g/mol. The second-order valence-electron chi connectivity index (χ2n) is 8.27. The van der Waals surface area contributed by atoms with E-state index in [9.17, 15) is 9.90 Å². The van der Waals surface area contributed by atoms with Gasteiger partial charge in [-0.15, -0.1) is 10.2 Å². The number of ether oxygens (including phenoxy) is 1. The summed E-state index contributed by atoms with van der Waals surface area (Å²) in [6.45, 7) is 3.24. The minimum absolute atomic E-state index is 0.00515. The molecule has 1 saturated heterocycles. The van der Waals surface area contributed by atoms with E-state index in [2.05, 4.69) is 27.2 Å². The van der Waals surface area contributed by atoms with Crippen molar-refractivity contribution in [2.45, 2.75) is 0 Å². The zero-order chi connectivity index (χ0) is 22.9. The number of carbonyl (C=O) groups is 1. The largest absolute Gasteiger partial charge is 0.497 e. The number of fused-ring (bicyclic) bond motifs is 2. The number of hydrogen-bond donors (Lipinski definition) is 2. The van der Waals surface area contributed by atoms with Crippen molar-refractivity contribution in [1.29, 1.82) is 0 Å². The molecule has 1 amide bonds. The monoisotopic (exact) mass is 443 g/mol. The normalized spacial score (nSPS) is 16.8. The molecule has 33 heavy (non-hydrogen) atoms. The van der Waals surface area contributed by atoms with Crippen LogP contribution in [0.5, 0.6) is 11.6 Å². The first-order chi connectivity index (χ1) is 16.0. The van der Waals surface area contributed by atoms with Crippen LogP contribution in [-0.4, -0.2) is 66.1 Å². The van der Waals surface area contributed by atoms with Crippen molar-refractivity contribution >= 4 is 34.3 Å². The number of amides is 1. The van der Waals surface area contributed by atoms with Crippen LogP contribution in [-0.2, 0) is 4.79 Å². The number of aromatic nitrogens is 1. The number of aromatic hydroxyl groups is 1. The predicted octanol–water partition coefficient (Wildman–Crippen LogP) is 2.25. The van der Waals surface area contributed by atoms with Gasteiger partial charge in [0.2, 0.25) is 5.91 Å². The van der Waals surface area contributed by atoms with Crippen LogP contribution in [0.25, 0.3) is 22.7 Å². The Labute approximate surface area is 190 Å². The van der Waals surface area contributed by atoms with Crippen molar-refractivity contribution in [2.75, 3.05) is 40.3 Å². The Hall–Kier alpha value is -3.91. The number of methoxy groups -OCH3 is 1. The molecule has 2 aliphatic heterocycles. The van der Waals surface area contributed by atoms with Gasteiger partial charge in [-0.05, 0) is 54.8 Å². The van der Waals surface area contributed by atoms with Gasteiger partial charge in [0.1, 0.15) is 5.75 Å². The highest BCUT2D eigenvalue weighted by Gasteiger charge is 2.17. The molecule has 8 heteroatoms. The lowest BCUT2D eigenvalue weighted by Crippen LogP contribution is -2.46. The molecule has 1 aromatic heterocycles. The molecule has 0 unspecified atom stereocenters. The van der Waals surface area contributed by atoms with Crippen molar-refractivity contribution in [3.63, 3.8) is 0 Å². The van der Waals surface area contributed by atoms with Gasteiger partial charge in [0, 0.05) is 53.9 Å². The predicted molar refractivity (Wildman–Crippen MR) is 127 cm³/mol. The van der Waals surface area contributed by atoms with E-state index >= 15 is 0 Å².